The van der Waals surface area contributed by atoms with Crippen molar-refractivity contribution < 1.29 is 27.1 Å². The average Bonchev–Trinajstić information content (AvgIpc) is 3.63. The summed E-state index contributed by atoms with van der Waals surface area (Å²) in [4.78, 5) is 31.7. The predicted molar refractivity (Wildman–Crippen MR) is 166 cm³/mol. The van der Waals surface area contributed by atoms with Crippen LogP contribution in [0.5, 0.6) is 0 Å². The lowest BCUT2D eigenvalue weighted by molar-refractivity contribution is -0.143. The zero-order valence-corrected chi connectivity index (χ0v) is 26.7. The van der Waals surface area contributed by atoms with Crippen molar-refractivity contribution in [3.63, 3.8) is 0 Å². The number of piperazine rings is 1. The molecule has 0 unspecified atom stereocenters. The normalized spacial score (nSPS) is 18.0. The maximum absolute atomic E-state index is 15.8. The van der Waals surface area contributed by atoms with Gasteiger partial charge in [0, 0.05) is 60.8 Å². The lowest BCUT2D eigenvalue weighted by atomic mass is 10.1. The first kappa shape index (κ1) is 33.3. The van der Waals surface area contributed by atoms with Crippen LogP contribution < -0.4 is 10.2 Å². The molecular weight excluding hydrogens is 634 g/mol. The molecule has 0 spiro atoms. The first-order valence-electron chi connectivity index (χ1n) is 15.1. The van der Waals surface area contributed by atoms with Crippen LogP contribution in [0, 0.1) is 5.82 Å². The number of thiazole rings is 1. The number of ether oxygens (including phenoxy) is 1. The second-order valence-corrected chi connectivity index (χ2v) is 12.6. The molecule has 244 valence electrons. The van der Waals surface area contributed by atoms with E-state index in [4.69, 9.17) is 16.3 Å². The Kier molecular flexibility index (Phi) is 10.8. The Morgan fingerprint density at radius 2 is 1.91 bits per heavy atom. The minimum Gasteiger partial charge on any atom is -0.466 e. The monoisotopic (exact) mass is 669 g/mol. The summed E-state index contributed by atoms with van der Waals surface area (Å²) in [5.74, 6) is -0.829. The Morgan fingerprint density at radius 1 is 1.13 bits per heavy atom. The molecule has 2 aliphatic rings. The Labute approximate surface area is 268 Å². The van der Waals surface area contributed by atoms with Crippen LogP contribution in [0.3, 0.4) is 0 Å². The van der Waals surface area contributed by atoms with Crippen LogP contribution in [-0.2, 0) is 22.3 Å². The van der Waals surface area contributed by atoms with Gasteiger partial charge in [0.25, 0.3) is 0 Å². The van der Waals surface area contributed by atoms with E-state index in [1.807, 2.05) is 4.90 Å². The predicted octanol–water partition coefficient (Wildman–Crippen LogP) is 6.60. The molecule has 0 radical (unpaired) electrons. The van der Waals surface area contributed by atoms with Gasteiger partial charge in [-0.3, -0.25) is 14.6 Å². The Balaban J connectivity index is 1.37. The highest BCUT2D eigenvalue weighted by Crippen LogP contribution is 2.40. The van der Waals surface area contributed by atoms with Crippen LogP contribution in [0.4, 0.5) is 34.3 Å². The lowest BCUT2D eigenvalue weighted by Gasteiger charge is -2.35. The highest BCUT2D eigenvalue weighted by atomic mass is 35.5. The topological polar surface area (TPSA) is 86.7 Å². The highest BCUT2D eigenvalue weighted by Gasteiger charge is 2.32. The van der Waals surface area contributed by atoms with E-state index < -0.39 is 17.6 Å². The largest absolute Gasteiger partial charge is 0.466 e. The Morgan fingerprint density at radius 3 is 2.62 bits per heavy atom. The fourth-order valence-electron chi connectivity index (χ4n) is 5.81. The number of aromatic nitrogens is 3. The van der Waals surface area contributed by atoms with E-state index in [1.165, 1.54) is 23.7 Å². The van der Waals surface area contributed by atoms with E-state index in [1.54, 1.807) is 6.92 Å². The molecule has 5 rings (SSSR count). The molecule has 0 aliphatic carbocycles. The maximum Gasteiger partial charge on any atom is 0.416 e. The minimum atomic E-state index is -4.58. The lowest BCUT2D eigenvalue weighted by Crippen LogP contribution is -2.47. The van der Waals surface area contributed by atoms with Gasteiger partial charge in [0.2, 0.25) is 5.82 Å². The maximum atomic E-state index is 15.8. The van der Waals surface area contributed by atoms with Crippen molar-refractivity contribution >= 4 is 45.7 Å². The van der Waals surface area contributed by atoms with Crippen molar-refractivity contribution in [2.75, 3.05) is 56.1 Å². The molecule has 9 nitrogen and oxygen atoms in total. The number of anilines is 3. The number of alkyl halides is 3. The van der Waals surface area contributed by atoms with Crippen LogP contribution in [0.25, 0.3) is 11.3 Å². The van der Waals surface area contributed by atoms with Gasteiger partial charge >= 0.3 is 12.1 Å². The smallest absolute Gasteiger partial charge is 0.416 e. The van der Waals surface area contributed by atoms with Crippen molar-refractivity contribution in [2.45, 2.75) is 58.3 Å². The van der Waals surface area contributed by atoms with Gasteiger partial charge in [-0.2, -0.15) is 17.6 Å². The second-order valence-electron chi connectivity index (χ2n) is 11.1. The zero-order chi connectivity index (χ0) is 32.1. The van der Waals surface area contributed by atoms with Gasteiger partial charge in [-0.05, 0) is 50.9 Å². The Hall–Kier alpha value is -3.07. The van der Waals surface area contributed by atoms with Gasteiger partial charge in [0.05, 0.1) is 24.3 Å². The van der Waals surface area contributed by atoms with Gasteiger partial charge in [-0.1, -0.05) is 29.9 Å². The number of carbonyl (C=O) groups excluding carboxylic acids is 1. The minimum absolute atomic E-state index is 0.0478. The van der Waals surface area contributed by atoms with Gasteiger partial charge in [-0.25, -0.2) is 15.0 Å². The summed E-state index contributed by atoms with van der Waals surface area (Å²) in [6, 6.07) is 3.78. The SMILES string of the molecule is CCOC(=O)CCN1CCN(c2ncnc(Nc3nc(-c4cc(Cl)cc(C(F)(F)F)c4)c(CN4CCC[C@H]4CC)s3)c2F)CC1. The Bertz CT molecular complexity index is 1480. The first-order chi connectivity index (χ1) is 21.5. The van der Waals surface area contributed by atoms with Crippen LogP contribution in [0.1, 0.15) is 50.0 Å². The fourth-order valence-corrected chi connectivity index (χ4v) is 7.06. The number of likely N-dealkylation sites (tertiary alicyclic amines) is 1. The molecular formula is C30H36ClF4N7O2S. The molecule has 2 saturated heterocycles. The second kappa shape index (κ2) is 14.6. The van der Waals surface area contributed by atoms with Gasteiger partial charge < -0.3 is 15.0 Å². The van der Waals surface area contributed by atoms with Gasteiger partial charge in [0.15, 0.2) is 16.8 Å². The molecule has 4 heterocycles. The molecule has 0 amide bonds. The van der Waals surface area contributed by atoms with Crippen LogP contribution >= 0.6 is 22.9 Å². The summed E-state index contributed by atoms with van der Waals surface area (Å²) in [5, 5.41) is 3.22. The molecule has 2 fully saturated rings. The number of halogens is 5. The number of benzene rings is 1. The number of nitrogens with one attached hydrogen (secondary N) is 1. The number of carbonyl (C=O) groups is 1. The highest BCUT2D eigenvalue weighted by molar-refractivity contribution is 7.16. The molecule has 2 aromatic heterocycles. The van der Waals surface area contributed by atoms with E-state index in [0.29, 0.717) is 69.2 Å². The molecule has 15 heteroatoms. The van der Waals surface area contributed by atoms with E-state index in [9.17, 15) is 18.0 Å². The average molecular weight is 670 g/mol. The molecule has 1 atom stereocenters. The number of hydrogen-bond acceptors (Lipinski definition) is 10. The summed E-state index contributed by atoms with van der Waals surface area (Å²) in [6.45, 7) is 8.43. The summed E-state index contributed by atoms with van der Waals surface area (Å²) < 4.78 is 61.8. The van der Waals surface area contributed by atoms with Crippen LogP contribution in [0.15, 0.2) is 24.5 Å². The molecule has 1 N–H and O–H groups in total. The third-order valence-electron chi connectivity index (χ3n) is 8.12. The molecule has 45 heavy (non-hydrogen) atoms. The van der Waals surface area contributed by atoms with Gasteiger partial charge in [-0.15, -0.1) is 0 Å². The first-order valence-corrected chi connectivity index (χ1v) is 16.3. The quantitative estimate of drug-likeness (QED) is 0.179. The fraction of sp³-hybridized carbons (Fsp3) is 0.533. The molecule has 0 saturated carbocycles. The zero-order valence-electron chi connectivity index (χ0n) is 25.2. The van der Waals surface area contributed by atoms with Gasteiger partial charge in [0.1, 0.15) is 6.33 Å². The van der Waals surface area contributed by atoms with Crippen LogP contribution in [-0.4, -0.2) is 82.6 Å². The van der Waals surface area contributed by atoms with E-state index >= 15 is 4.39 Å². The van der Waals surface area contributed by atoms with E-state index in [2.05, 4.69) is 37.0 Å². The standard InChI is InChI=1S/C30H36ClF4N7O2S/c1-3-22-6-5-8-42(22)17-23-26(19-14-20(30(33,34)35)16-21(31)15-19)38-29(45-23)39-27-25(32)28(37-18-36-27)41-12-10-40(11-13-41)9-7-24(43)44-4-2/h14-16,18,22H,3-13,17H2,1-2H3,(H,36,37,38,39)/t22-/m1/s1. The number of hydrogen-bond donors (Lipinski definition) is 1. The summed E-state index contributed by atoms with van der Waals surface area (Å²) in [5.41, 5.74) is -0.254. The summed E-state index contributed by atoms with van der Waals surface area (Å²) >= 11 is 7.39. The molecule has 0 bridgehead atoms. The third kappa shape index (κ3) is 8.21. The molecule has 1 aromatic carbocycles. The van der Waals surface area contributed by atoms with Crippen molar-refractivity contribution in [3.8, 4) is 11.3 Å². The molecule has 3 aromatic rings. The number of esters is 1. The summed E-state index contributed by atoms with van der Waals surface area (Å²) in [7, 11) is 0. The van der Waals surface area contributed by atoms with Crippen molar-refractivity contribution in [2.24, 2.45) is 0 Å². The van der Waals surface area contributed by atoms with Crippen molar-refractivity contribution in [1.82, 2.24) is 24.8 Å². The van der Waals surface area contributed by atoms with E-state index in [0.717, 1.165) is 42.8 Å². The van der Waals surface area contributed by atoms with E-state index in [-0.39, 0.29) is 28.2 Å². The van der Waals surface area contributed by atoms with Crippen molar-refractivity contribution in [3.05, 3.63) is 45.8 Å². The number of nitrogens with zero attached hydrogens (tertiary/aromatic N) is 6. The molecule has 2 aliphatic heterocycles. The summed E-state index contributed by atoms with van der Waals surface area (Å²) in [6.07, 6.45) is 0.0494. The van der Waals surface area contributed by atoms with Crippen LogP contribution in [0.2, 0.25) is 5.02 Å². The number of rotatable bonds is 11. The third-order valence-corrected chi connectivity index (χ3v) is 9.29. The van der Waals surface area contributed by atoms with Crippen molar-refractivity contribution in [1.29, 1.82) is 0 Å².